The number of nitrogens with one attached hydrogen (secondary N) is 2. The lowest BCUT2D eigenvalue weighted by Crippen LogP contribution is -2.45. The van der Waals surface area contributed by atoms with Crippen molar-refractivity contribution in [3.63, 3.8) is 0 Å². The van der Waals surface area contributed by atoms with Crippen molar-refractivity contribution >= 4 is 11.7 Å². The first-order chi connectivity index (χ1) is 10.6. The second-order valence-electron chi connectivity index (χ2n) is 5.61. The lowest BCUT2D eigenvalue weighted by atomic mass is 9.85. The van der Waals surface area contributed by atoms with Crippen LogP contribution in [-0.4, -0.2) is 29.9 Å². The van der Waals surface area contributed by atoms with E-state index in [1.54, 1.807) is 24.3 Å². The van der Waals surface area contributed by atoms with Crippen LogP contribution in [0.2, 0.25) is 0 Å². The molecule has 22 heavy (non-hydrogen) atoms. The summed E-state index contributed by atoms with van der Waals surface area (Å²) in [5.41, 5.74) is -0.108. The zero-order valence-corrected chi connectivity index (χ0v) is 12.6. The summed E-state index contributed by atoms with van der Waals surface area (Å²) < 4.78 is 5.26. The van der Waals surface area contributed by atoms with E-state index in [0.29, 0.717) is 11.4 Å². The topological polar surface area (TPSA) is 70.6 Å². The van der Waals surface area contributed by atoms with Crippen molar-refractivity contribution in [3.8, 4) is 18.1 Å². The van der Waals surface area contributed by atoms with Gasteiger partial charge in [0.05, 0.1) is 5.60 Å². The van der Waals surface area contributed by atoms with Gasteiger partial charge in [-0.05, 0) is 37.1 Å². The molecule has 0 aliphatic heterocycles. The first-order valence-electron chi connectivity index (χ1n) is 7.55. The molecule has 0 bridgehead atoms. The van der Waals surface area contributed by atoms with Gasteiger partial charge in [0.25, 0.3) is 0 Å². The van der Waals surface area contributed by atoms with Crippen molar-refractivity contribution in [2.45, 2.75) is 37.7 Å². The molecule has 0 saturated heterocycles. The Bertz CT molecular complexity index is 528. The van der Waals surface area contributed by atoms with Crippen LogP contribution in [0.25, 0.3) is 0 Å². The average molecular weight is 302 g/mol. The first-order valence-corrected chi connectivity index (χ1v) is 7.55. The molecule has 1 aliphatic rings. The molecule has 118 valence electrons. The number of urea groups is 1. The summed E-state index contributed by atoms with van der Waals surface area (Å²) >= 11 is 0. The van der Waals surface area contributed by atoms with Gasteiger partial charge < -0.3 is 20.5 Å². The minimum absolute atomic E-state index is 0.214. The summed E-state index contributed by atoms with van der Waals surface area (Å²) in [4.78, 5) is 11.9. The van der Waals surface area contributed by atoms with Gasteiger partial charge in [-0.1, -0.05) is 25.2 Å². The van der Waals surface area contributed by atoms with Gasteiger partial charge in [-0.15, -0.1) is 6.42 Å². The smallest absolute Gasteiger partial charge is 0.319 e. The van der Waals surface area contributed by atoms with Gasteiger partial charge in [0, 0.05) is 12.2 Å². The summed E-state index contributed by atoms with van der Waals surface area (Å²) in [6.07, 6.45) is 9.79. The number of carbonyl (C=O) groups excluding carboxylic acids is 1. The van der Waals surface area contributed by atoms with Gasteiger partial charge in [0.15, 0.2) is 0 Å². The third-order valence-electron chi connectivity index (χ3n) is 3.80. The van der Waals surface area contributed by atoms with Crippen molar-refractivity contribution in [1.82, 2.24) is 5.32 Å². The van der Waals surface area contributed by atoms with Crippen molar-refractivity contribution < 1.29 is 14.6 Å². The van der Waals surface area contributed by atoms with E-state index in [1.807, 2.05) is 0 Å². The quantitative estimate of drug-likeness (QED) is 0.732. The molecule has 0 radical (unpaired) electrons. The van der Waals surface area contributed by atoms with Crippen LogP contribution in [0.3, 0.4) is 0 Å². The molecule has 1 aliphatic carbocycles. The fraction of sp³-hybridized carbons (Fsp3) is 0.471. The zero-order chi connectivity index (χ0) is 15.8. The molecule has 0 spiro atoms. The molecule has 1 aromatic rings. The number of ether oxygens (including phenoxy) is 1. The average Bonchev–Trinajstić information content (AvgIpc) is 2.53. The predicted molar refractivity (Wildman–Crippen MR) is 85.8 cm³/mol. The van der Waals surface area contributed by atoms with E-state index < -0.39 is 5.60 Å². The van der Waals surface area contributed by atoms with Gasteiger partial charge in [0.2, 0.25) is 0 Å². The maximum absolute atomic E-state index is 11.9. The maximum Gasteiger partial charge on any atom is 0.319 e. The Hall–Kier alpha value is -2.19. The van der Waals surface area contributed by atoms with Gasteiger partial charge in [-0.25, -0.2) is 4.79 Å². The zero-order valence-electron chi connectivity index (χ0n) is 12.6. The van der Waals surface area contributed by atoms with Crippen LogP contribution in [-0.2, 0) is 0 Å². The van der Waals surface area contributed by atoms with E-state index in [9.17, 15) is 9.90 Å². The molecule has 1 aromatic carbocycles. The maximum atomic E-state index is 11.9. The fourth-order valence-corrected chi connectivity index (χ4v) is 2.57. The predicted octanol–water partition coefficient (Wildman–Crippen LogP) is 2.52. The minimum atomic E-state index is -0.761. The molecule has 0 unspecified atom stereocenters. The fourth-order valence-electron chi connectivity index (χ4n) is 2.57. The van der Waals surface area contributed by atoms with Crippen LogP contribution in [0.1, 0.15) is 32.1 Å². The third-order valence-corrected chi connectivity index (χ3v) is 3.80. The Morgan fingerprint density at radius 1 is 1.27 bits per heavy atom. The van der Waals surface area contributed by atoms with Crippen LogP contribution in [0.15, 0.2) is 24.3 Å². The lowest BCUT2D eigenvalue weighted by molar-refractivity contribution is 0.00755. The van der Waals surface area contributed by atoms with Crippen molar-refractivity contribution in [1.29, 1.82) is 0 Å². The number of hydrogen-bond donors (Lipinski definition) is 3. The van der Waals surface area contributed by atoms with Crippen LogP contribution < -0.4 is 15.4 Å². The standard InChI is InChI=1S/C17H22N2O3/c1-2-12-22-15-8-6-14(7-9-15)19-16(20)18-13-17(21)10-4-3-5-11-17/h1,6-9,21H,3-5,10-13H2,(H2,18,19,20). The number of rotatable bonds is 5. The Morgan fingerprint density at radius 3 is 2.59 bits per heavy atom. The minimum Gasteiger partial charge on any atom is -0.481 e. The number of anilines is 1. The van der Waals surface area contributed by atoms with E-state index in [1.165, 1.54) is 0 Å². The molecular formula is C17H22N2O3. The molecule has 0 heterocycles. The van der Waals surface area contributed by atoms with Crippen molar-refractivity contribution in [2.75, 3.05) is 18.5 Å². The highest BCUT2D eigenvalue weighted by Gasteiger charge is 2.29. The van der Waals surface area contributed by atoms with Crippen molar-refractivity contribution in [2.24, 2.45) is 0 Å². The molecule has 3 N–H and O–H groups in total. The van der Waals surface area contributed by atoms with Crippen LogP contribution in [0.4, 0.5) is 10.5 Å². The highest BCUT2D eigenvalue weighted by Crippen LogP contribution is 2.27. The highest BCUT2D eigenvalue weighted by molar-refractivity contribution is 5.89. The summed E-state index contributed by atoms with van der Waals surface area (Å²) in [6.45, 7) is 0.494. The summed E-state index contributed by atoms with van der Waals surface area (Å²) in [7, 11) is 0. The van der Waals surface area contributed by atoms with Gasteiger partial charge >= 0.3 is 6.03 Å². The molecule has 2 amide bonds. The van der Waals surface area contributed by atoms with Crippen molar-refractivity contribution in [3.05, 3.63) is 24.3 Å². The second kappa shape index (κ2) is 7.71. The summed E-state index contributed by atoms with van der Waals surface area (Å²) in [5.74, 6) is 3.04. The molecule has 0 atom stereocenters. The molecule has 2 rings (SSSR count). The summed E-state index contributed by atoms with van der Waals surface area (Å²) in [6, 6.07) is 6.63. The Kier molecular flexibility index (Phi) is 5.68. The Balaban J connectivity index is 1.78. The van der Waals surface area contributed by atoms with E-state index in [4.69, 9.17) is 11.2 Å². The van der Waals surface area contributed by atoms with Gasteiger partial charge in [-0.3, -0.25) is 0 Å². The number of aliphatic hydroxyl groups is 1. The Labute approximate surface area is 131 Å². The number of hydrogen-bond acceptors (Lipinski definition) is 3. The second-order valence-corrected chi connectivity index (χ2v) is 5.61. The molecule has 1 fully saturated rings. The number of benzene rings is 1. The molecule has 1 saturated carbocycles. The number of amides is 2. The molecule has 5 nitrogen and oxygen atoms in total. The normalized spacial score (nSPS) is 16.4. The van der Waals surface area contributed by atoms with E-state index in [-0.39, 0.29) is 19.2 Å². The first kappa shape index (κ1) is 16.2. The lowest BCUT2D eigenvalue weighted by Gasteiger charge is -2.32. The van der Waals surface area contributed by atoms with Crippen LogP contribution in [0.5, 0.6) is 5.75 Å². The largest absolute Gasteiger partial charge is 0.481 e. The SMILES string of the molecule is C#CCOc1ccc(NC(=O)NCC2(O)CCCCC2)cc1. The van der Waals surface area contributed by atoms with Gasteiger partial charge in [-0.2, -0.15) is 0 Å². The third kappa shape index (κ3) is 4.97. The van der Waals surface area contributed by atoms with E-state index in [0.717, 1.165) is 32.1 Å². The summed E-state index contributed by atoms with van der Waals surface area (Å²) in [5, 5.41) is 15.8. The Morgan fingerprint density at radius 2 is 1.95 bits per heavy atom. The molecule has 5 heteroatoms. The number of terminal acetylenes is 1. The van der Waals surface area contributed by atoms with Crippen LogP contribution >= 0.6 is 0 Å². The molecule has 0 aromatic heterocycles. The van der Waals surface area contributed by atoms with Crippen LogP contribution in [0, 0.1) is 12.3 Å². The monoisotopic (exact) mass is 302 g/mol. The number of carbonyl (C=O) groups is 1. The molecular weight excluding hydrogens is 280 g/mol. The van der Waals surface area contributed by atoms with E-state index >= 15 is 0 Å². The van der Waals surface area contributed by atoms with Gasteiger partial charge in [0.1, 0.15) is 12.4 Å². The van der Waals surface area contributed by atoms with E-state index in [2.05, 4.69) is 16.6 Å². The highest BCUT2D eigenvalue weighted by atomic mass is 16.5.